The summed E-state index contributed by atoms with van der Waals surface area (Å²) in [6.07, 6.45) is 1.62. The maximum absolute atomic E-state index is 11.9. The Morgan fingerprint density at radius 2 is 2.27 bits per heavy atom. The van der Waals surface area contributed by atoms with Crippen LogP contribution in [0.4, 0.5) is 11.4 Å². The standard InChI is InChI=1S/C12H12N4O4S.ClH/c1-20-10-3-2-8(16(18)19)6-9(10)14-11(17)7-15-4-5-21-12(15)13;/h2-6,13H,7H2,1H3,(H,14,17);1H. The normalized spacial score (nSPS) is 9.68. The van der Waals surface area contributed by atoms with Crippen molar-refractivity contribution in [2.75, 3.05) is 12.4 Å². The zero-order valence-corrected chi connectivity index (χ0v) is 13.1. The molecular weight excluding hydrogens is 332 g/mol. The van der Waals surface area contributed by atoms with Gasteiger partial charge in [0.15, 0.2) is 4.80 Å². The Balaban J connectivity index is 0.00000242. The summed E-state index contributed by atoms with van der Waals surface area (Å²) >= 11 is 1.20. The van der Waals surface area contributed by atoms with E-state index in [0.717, 1.165) is 0 Å². The van der Waals surface area contributed by atoms with E-state index in [1.165, 1.54) is 41.2 Å². The third-order valence-electron chi connectivity index (χ3n) is 2.66. The second-order valence-corrected chi connectivity index (χ2v) is 4.92. The van der Waals surface area contributed by atoms with Gasteiger partial charge in [0, 0.05) is 23.7 Å². The highest BCUT2D eigenvalue weighted by molar-refractivity contribution is 7.06. The molecule has 0 aliphatic heterocycles. The molecule has 0 atom stereocenters. The van der Waals surface area contributed by atoms with Gasteiger partial charge in [0.25, 0.3) is 5.69 Å². The van der Waals surface area contributed by atoms with Crippen molar-refractivity contribution in [3.05, 3.63) is 44.7 Å². The lowest BCUT2D eigenvalue weighted by Gasteiger charge is -2.10. The second-order valence-electron chi connectivity index (χ2n) is 4.03. The predicted octanol–water partition coefficient (Wildman–Crippen LogP) is 2.01. The van der Waals surface area contributed by atoms with Crippen LogP contribution >= 0.6 is 23.7 Å². The molecule has 0 saturated heterocycles. The van der Waals surface area contributed by atoms with Crippen molar-refractivity contribution < 1.29 is 14.5 Å². The Kier molecular flexibility index (Phi) is 6.08. The van der Waals surface area contributed by atoms with E-state index in [2.05, 4.69) is 5.32 Å². The monoisotopic (exact) mass is 344 g/mol. The number of hydrogen-bond donors (Lipinski definition) is 2. The molecule has 0 fully saturated rings. The van der Waals surface area contributed by atoms with E-state index in [1.54, 1.807) is 11.6 Å². The number of thiazole rings is 1. The van der Waals surface area contributed by atoms with Crippen molar-refractivity contribution in [2.45, 2.75) is 6.54 Å². The van der Waals surface area contributed by atoms with E-state index in [4.69, 9.17) is 10.1 Å². The van der Waals surface area contributed by atoms with Gasteiger partial charge in [-0.05, 0) is 6.07 Å². The summed E-state index contributed by atoms with van der Waals surface area (Å²) in [6.45, 7) is -0.0474. The van der Waals surface area contributed by atoms with Gasteiger partial charge in [-0.25, -0.2) is 0 Å². The molecule has 1 aromatic carbocycles. The number of ether oxygens (including phenoxy) is 1. The van der Waals surface area contributed by atoms with Crippen LogP contribution in [0, 0.1) is 15.5 Å². The number of aromatic nitrogens is 1. The molecule has 2 aromatic rings. The molecule has 0 aliphatic rings. The molecule has 8 nitrogen and oxygen atoms in total. The number of carbonyl (C=O) groups is 1. The van der Waals surface area contributed by atoms with Crippen LogP contribution in [0.5, 0.6) is 5.75 Å². The first-order valence-electron chi connectivity index (χ1n) is 5.82. The number of halogens is 1. The van der Waals surface area contributed by atoms with Crippen molar-refractivity contribution in [2.24, 2.45) is 0 Å². The van der Waals surface area contributed by atoms with Crippen molar-refractivity contribution >= 4 is 41.0 Å². The summed E-state index contributed by atoms with van der Waals surface area (Å²) in [6, 6.07) is 3.95. The highest BCUT2D eigenvalue weighted by Crippen LogP contribution is 2.28. The lowest BCUT2D eigenvalue weighted by atomic mass is 10.2. The fourth-order valence-electron chi connectivity index (χ4n) is 1.68. The highest BCUT2D eigenvalue weighted by Gasteiger charge is 2.14. The summed E-state index contributed by atoms with van der Waals surface area (Å²) in [5, 5.41) is 22.6. The molecule has 1 amide bonds. The Bertz CT molecular complexity index is 743. The maximum Gasteiger partial charge on any atom is 0.271 e. The van der Waals surface area contributed by atoms with E-state index in [9.17, 15) is 14.9 Å². The number of amides is 1. The molecule has 2 N–H and O–H groups in total. The highest BCUT2D eigenvalue weighted by atomic mass is 35.5. The minimum absolute atomic E-state index is 0. The minimum atomic E-state index is -0.551. The van der Waals surface area contributed by atoms with Crippen molar-refractivity contribution in [1.82, 2.24) is 4.57 Å². The Labute approximate surface area is 135 Å². The molecule has 2 rings (SSSR count). The zero-order valence-electron chi connectivity index (χ0n) is 11.4. The van der Waals surface area contributed by atoms with Crippen LogP contribution in [0.15, 0.2) is 29.8 Å². The molecule has 0 saturated carbocycles. The molecule has 0 bridgehead atoms. The van der Waals surface area contributed by atoms with Gasteiger partial charge in [0.1, 0.15) is 12.3 Å². The van der Waals surface area contributed by atoms with Gasteiger partial charge in [0.05, 0.1) is 17.7 Å². The molecule has 1 heterocycles. The summed E-state index contributed by atoms with van der Waals surface area (Å²) in [5.74, 6) is -0.0685. The number of nitrogens with zero attached hydrogens (tertiary/aromatic N) is 2. The average molecular weight is 345 g/mol. The molecule has 10 heteroatoms. The number of benzene rings is 1. The fraction of sp³-hybridized carbons (Fsp3) is 0.167. The van der Waals surface area contributed by atoms with Crippen LogP contribution in [-0.4, -0.2) is 22.5 Å². The summed E-state index contributed by atoms with van der Waals surface area (Å²) in [4.78, 5) is 22.4. The van der Waals surface area contributed by atoms with Crippen molar-refractivity contribution in [3.8, 4) is 5.75 Å². The number of nitro benzene ring substituents is 1. The first-order chi connectivity index (χ1) is 10.0. The van der Waals surface area contributed by atoms with Gasteiger partial charge in [0.2, 0.25) is 5.91 Å². The number of rotatable bonds is 5. The molecule has 0 unspecified atom stereocenters. The van der Waals surface area contributed by atoms with Gasteiger partial charge < -0.3 is 14.6 Å². The first-order valence-corrected chi connectivity index (χ1v) is 6.70. The van der Waals surface area contributed by atoms with Crippen LogP contribution in [0.1, 0.15) is 0 Å². The molecule has 0 spiro atoms. The Morgan fingerprint density at radius 1 is 1.55 bits per heavy atom. The smallest absolute Gasteiger partial charge is 0.271 e. The number of nitro groups is 1. The molecule has 1 aromatic heterocycles. The average Bonchev–Trinajstić information content (AvgIpc) is 2.84. The second kappa shape index (κ2) is 7.57. The number of nitrogens with one attached hydrogen (secondary N) is 2. The largest absolute Gasteiger partial charge is 0.495 e. The number of hydrogen-bond acceptors (Lipinski definition) is 6. The van der Waals surface area contributed by atoms with Gasteiger partial charge in [-0.15, -0.1) is 23.7 Å². The Hall–Kier alpha value is -2.39. The van der Waals surface area contributed by atoms with E-state index in [1.807, 2.05) is 0 Å². The summed E-state index contributed by atoms with van der Waals surface area (Å²) in [5.41, 5.74) is 0.0783. The van der Waals surface area contributed by atoms with Gasteiger partial charge in [-0.2, -0.15) is 0 Å². The number of anilines is 1. The van der Waals surface area contributed by atoms with Crippen molar-refractivity contribution in [1.29, 1.82) is 5.41 Å². The first kappa shape index (κ1) is 17.7. The molecule has 118 valence electrons. The van der Waals surface area contributed by atoms with E-state index >= 15 is 0 Å². The summed E-state index contributed by atoms with van der Waals surface area (Å²) in [7, 11) is 1.41. The van der Waals surface area contributed by atoms with Crippen LogP contribution in [0.3, 0.4) is 0 Å². The van der Waals surface area contributed by atoms with Crippen LogP contribution in [0.2, 0.25) is 0 Å². The van der Waals surface area contributed by atoms with Gasteiger partial charge >= 0.3 is 0 Å². The van der Waals surface area contributed by atoms with Crippen molar-refractivity contribution in [3.63, 3.8) is 0 Å². The number of methoxy groups -OCH3 is 1. The van der Waals surface area contributed by atoms with E-state index in [0.29, 0.717) is 5.75 Å². The van der Waals surface area contributed by atoms with E-state index < -0.39 is 10.8 Å². The zero-order chi connectivity index (χ0) is 15.4. The topological polar surface area (TPSA) is 110 Å². The lowest BCUT2D eigenvalue weighted by molar-refractivity contribution is -0.384. The van der Waals surface area contributed by atoms with E-state index in [-0.39, 0.29) is 35.1 Å². The fourth-order valence-corrected chi connectivity index (χ4v) is 2.28. The van der Waals surface area contributed by atoms with Gasteiger partial charge in [-0.1, -0.05) is 0 Å². The molecule has 0 radical (unpaired) electrons. The van der Waals surface area contributed by atoms with Crippen LogP contribution < -0.4 is 14.9 Å². The maximum atomic E-state index is 11.9. The van der Waals surface area contributed by atoms with Gasteiger partial charge in [-0.3, -0.25) is 20.3 Å². The molecule has 22 heavy (non-hydrogen) atoms. The summed E-state index contributed by atoms with van der Waals surface area (Å²) < 4.78 is 6.52. The lowest BCUT2D eigenvalue weighted by Crippen LogP contribution is -2.24. The third kappa shape index (κ3) is 4.06. The number of non-ortho nitro benzene ring substituents is 1. The van der Waals surface area contributed by atoms with Crippen LogP contribution in [0.25, 0.3) is 0 Å². The molecular formula is C12H13ClN4O4S. The molecule has 0 aliphatic carbocycles. The predicted molar refractivity (Wildman–Crippen MR) is 83.7 cm³/mol. The quantitative estimate of drug-likeness (QED) is 0.638. The minimum Gasteiger partial charge on any atom is -0.495 e. The number of carbonyl (C=O) groups excluding carboxylic acids is 1. The Morgan fingerprint density at radius 3 is 2.82 bits per heavy atom. The third-order valence-corrected chi connectivity index (χ3v) is 3.38. The SMILES string of the molecule is COc1ccc([N+](=O)[O-])cc1NC(=O)Cn1ccsc1=N.Cl. The van der Waals surface area contributed by atoms with Crippen LogP contribution in [-0.2, 0) is 11.3 Å².